The van der Waals surface area contributed by atoms with Crippen molar-refractivity contribution in [2.75, 3.05) is 13.1 Å². The average molecular weight is 308 g/mol. The summed E-state index contributed by atoms with van der Waals surface area (Å²) in [5.74, 6) is 0. The highest BCUT2D eigenvalue weighted by Gasteiger charge is 2.17. The lowest BCUT2D eigenvalue weighted by Gasteiger charge is -2.24. The summed E-state index contributed by atoms with van der Waals surface area (Å²) in [5, 5.41) is 3.99. The summed E-state index contributed by atoms with van der Waals surface area (Å²) in [7, 11) is 0. The van der Waals surface area contributed by atoms with Gasteiger partial charge in [0.15, 0.2) is 0 Å². The number of aromatic nitrogens is 2. The highest BCUT2D eigenvalue weighted by atomic mass is 79.9. The second kappa shape index (κ2) is 4.82. The topological polar surface area (TPSA) is 46.9 Å². The lowest BCUT2D eigenvalue weighted by atomic mass is 10.1. The third-order valence-electron chi connectivity index (χ3n) is 3.45. The van der Waals surface area contributed by atoms with E-state index < -0.39 is 0 Å². The van der Waals surface area contributed by atoms with Crippen molar-refractivity contribution < 1.29 is 0 Å². The number of benzene rings is 1. The second-order valence-electron chi connectivity index (χ2n) is 4.60. The molecule has 0 spiro atoms. The van der Waals surface area contributed by atoms with Gasteiger partial charge in [-0.1, -0.05) is 15.9 Å². The van der Waals surface area contributed by atoms with E-state index in [0.717, 1.165) is 35.9 Å². The van der Waals surface area contributed by atoms with Crippen LogP contribution < -0.4 is 10.9 Å². The maximum atomic E-state index is 12.5. The first kappa shape index (κ1) is 11.9. The molecule has 1 aliphatic rings. The lowest BCUT2D eigenvalue weighted by Crippen LogP contribution is -2.34. The fourth-order valence-corrected chi connectivity index (χ4v) is 2.81. The number of piperidine rings is 1. The van der Waals surface area contributed by atoms with Crippen molar-refractivity contribution in [2.24, 2.45) is 0 Å². The monoisotopic (exact) mass is 307 g/mol. The molecule has 0 atom stereocenters. The third kappa shape index (κ3) is 2.08. The number of halogens is 1. The largest absolute Gasteiger partial charge is 0.317 e. The van der Waals surface area contributed by atoms with Crippen LogP contribution in [0.15, 0.2) is 33.8 Å². The number of nitrogens with zero attached hydrogens (tertiary/aromatic N) is 2. The molecule has 94 valence electrons. The minimum Gasteiger partial charge on any atom is -0.317 e. The molecule has 4 nitrogen and oxygen atoms in total. The first-order valence-electron chi connectivity index (χ1n) is 6.13. The first-order valence-corrected chi connectivity index (χ1v) is 6.92. The summed E-state index contributed by atoms with van der Waals surface area (Å²) >= 11 is 3.40. The van der Waals surface area contributed by atoms with Crippen LogP contribution in [0, 0.1) is 0 Å². The summed E-state index contributed by atoms with van der Waals surface area (Å²) in [5.41, 5.74) is 0.821. The Morgan fingerprint density at radius 1 is 1.33 bits per heavy atom. The van der Waals surface area contributed by atoms with Gasteiger partial charge in [-0.25, -0.2) is 4.98 Å². The zero-order valence-electron chi connectivity index (χ0n) is 9.90. The van der Waals surface area contributed by atoms with Crippen molar-refractivity contribution >= 4 is 26.8 Å². The highest BCUT2D eigenvalue weighted by molar-refractivity contribution is 9.10. The van der Waals surface area contributed by atoms with Gasteiger partial charge in [0, 0.05) is 10.5 Å². The van der Waals surface area contributed by atoms with Crippen molar-refractivity contribution in [2.45, 2.75) is 18.9 Å². The van der Waals surface area contributed by atoms with Gasteiger partial charge in [-0.15, -0.1) is 0 Å². The molecule has 0 saturated carbocycles. The fourth-order valence-electron chi connectivity index (χ4n) is 2.45. The van der Waals surface area contributed by atoms with Crippen LogP contribution in [0.25, 0.3) is 10.9 Å². The normalized spacial score (nSPS) is 17.2. The molecular formula is C13H14BrN3O. The van der Waals surface area contributed by atoms with E-state index in [4.69, 9.17) is 0 Å². The zero-order valence-corrected chi connectivity index (χ0v) is 11.5. The molecule has 5 heteroatoms. The molecule has 18 heavy (non-hydrogen) atoms. The van der Waals surface area contributed by atoms with Gasteiger partial charge in [-0.2, -0.15) is 0 Å². The maximum Gasteiger partial charge on any atom is 0.261 e. The van der Waals surface area contributed by atoms with Gasteiger partial charge in [0.25, 0.3) is 5.56 Å². The Bertz CT molecular complexity index is 632. The number of rotatable bonds is 1. The molecule has 0 bridgehead atoms. The lowest BCUT2D eigenvalue weighted by molar-refractivity contribution is 0.359. The van der Waals surface area contributed by atoms with Crippen LogP contribution >= 0.6 is 15.9 Å². The zero-order chi connectivity index (χ0) is 12.5. The predicted octanol–water partition coefficient (Wildman–Crippen LogP) is 2.08. The minimum absolute atomic E-state index is 0.0631. The Morgan fingerprint density at radius 2 is 2.11 bits per heavy atom. The van der Waals surface area contributed by atoms with Crippen molar-refractivity contribution in [3.63, 3.8) is 0 Å². The van der Waals surface area contributed by atoms with E-state index in [1.54, 1.807) is 10.9 Å². The minimum atomic E-state index is 0.0631. The van der Waals surface area contributed by atoms with Crippen molar-refractivity contribution in [1.29, 1.82) is 0 Å². The molecule has 1 saturated heterocycles. The smallest absolute Gasteiger partial charge is 0.261 e. The van der Waals surface area contributed by atoms with Crippen LogP contribution in [0.3, 0.4) is 0 Å². The molecule has 0 radical (unpaired) electrons. The Hall–Kier alpha value is -1.20. The molecule has 3 rings (SSSR count). The highest BCUT2D eigenvalue weighted by Crippen LogP contribution is 2.19. The van der Waals surface area contributed by atoms with Crippen LogP contribution in [-0.2, 0) is 0 Å². The molecule has 1 aromatic heterocycles. The van der Waals surface area contributed by atoms with Gasteiger partial charge < -0.3 is 5.32 Å². The SMILES string of the molecule is O=c1c2cc(Br)ccc2ncn1C1CCNCC1. The molecular weight excluding hydrogens is 294 g/mol. The quantitative estimate of drug-likeness (QED) is 0.877. The number of fused-ring (bicyclic) bond motifs is 1. The van der Waals surface area contributed by atoms with Crippen LogP contribution in [0.2, 0.25) is 0 Å². The summed E-state index contributed by atoms with van der Waals surface area (Å²) in [6.07, 6.45) is 3.66. The van der Waals surface area contributed by atoms with Crippen molar-refractivity contribution in [3.05, 3.63) is 39.4 Å². The van der Waals surface area contributed by atoms with Crippen LogP contribution in [-0.4, -0.2) is 22.6 Å². The fraction of sp³-hybridized carbons (Fsp3) is 0.385. The van der Waals surface area contributed by atoms with Gasteiger partial charge in [-0.05, 0) is 44.1 Å². The molecule has 1 N–H and O–H groups in total. The Balaban J connectivity index is 2.13. The standard InChI is InChI=1S/C13H14BrN3O/c14-9-1-2-12-11(7-9)13(18)17(8-16-12)10-3-5-15-6-4-10/h1-2,7-8,10,15H,3-6H2. The Morgan fingerprint density at radius 3 is 2.89 bits per heavy atom. The van der Waals surface area contributed by atoms with E-state index in [-0.39, 0.29) is 11.6 Å². The van der Waals surface area contributed by atoms with E-state index in [2.05, 4.69) is 26.2 Å². The molecule has 1 aromatic carbocycles. The first-order chi connectivity index (χ1) is 8.75. The maximum absolute atomic E-state index is 12.5. The number of hydrogen-bond acceptors (Lipinski definition) is 3. The molecule has 2 heterocycles. The average Bonchev–Trinajstić information content (AvgIpc) is 2.41. The van der Waals surface area contributed by atoms with E-state index in [1.807, 2.05) is 18.2 Å². The number of hydrogen-bond donors (Lipinski definition) is 1. The molecule has 1 aliphatic heterocycles. The predicted molar refractivity (Wildman–Crippen MR) is 74.8 cm³/mol. The second-order valence-corrected chi connectivity index (χ2v) is 5.52. The van der Waals surface area contributed by atoms with Gasteiger partial charge in [-0.3, -0.25) is 9.36 Å². The van der Waals surface area contributed by atoms with Crippen molar-refractivity contribution in [1.82, 2.24) is 14.9 Å². The van der Waals surface area contributed by atoms with Crippen LogP contribution in [0.4, 0.5) is 0 Å². The summed E-state index contributed by atoms with van der Waals surface area (Å²) in [6.45, 7) is 1.93. The summed E-state index contributed by atoms with van der Waals surface area (Å²) in [4.78, 5) is 16.8. The van der Waals surface area contributed by atoms with Crippen molar-refractivity contribution in [3.8, 4) is 0 Å². The molecule has 1 fully saturated rings. The molecule has 0 amide bonds. The van der Waals surface area contributed by atoms with E-state index in [0.29, 0.717) is 5.39 Å². The van der Waals surface area contributed by atoms with Gasteiger partial charge in [0.05, 0.1) is 17.2 Å². The Kier molecular flexibility index (Phi) is 3.18. The van der Waals surface area contributed by atoms with Gasteiger partial charge in [0.1, 0.15) is 0 Å². The van der Waals surface area contributed by atoms with Gasteiger partial charge >= 0.3 is 0 Å². The van der Waals surface area contributed by atoms with Crippen LogP contribution in [0.5, 0.6) is 0 Å². The molecule has 2 aromatic rings. The number of nitrogens with one attached hydrogen (secondary N) is 1. The van der Waals surface area contributed by atoms with E-state index in [1.165, 1.54) is 0 Å². The van der Waals surface area contributed by atoms with Gasteiger partial charge in [0.2, 0.25) is 0 Å². The van der Waals surface area contributed by atoms with Crippen LogP contribution in [0.1, 0.15) is 18.9 Å². The Labute approximate surface area is 113 Å². The molecule has 0 aliphatic carbocycles. The van der Waals surface area contributed by atoms with E-state index in [9.17, 15) is 4.79 Å². The summed E-state index contributed by atoms with van der Waals surface area (Å²) in [6, 6.07) is 5.90. The molecule has 0 unspecified atom stereocenters. The third-order valence-corrected chi connectivity index (χ3v) is 3.94. The summed E-state index contributed by atoms with van der Waals surface area (Å²) < 4.78 is 2.70. The van der Waals surface area contributed by atoms with E-state index >= 15 is 0 Å².